The van der Waals surface area contributed by atoms with Crippen LogP contribution in [0.3, 0.4) is 0 Å². The number of benzene rings is 1. The van der Waals surface area contributed by atoms with E-state index in [0.717, 1.165) is 16.9 Å². The maximum atomic E-state index is 10.7. The topological polar surface area (TPSA) is 52.1 Å². The van der Waals surface area contributed by atoms with Crippen LogP contribution >= 0.6 is 0 Å². The molecule has 4 nitrogen and oxygen atoms in total. The van der Waals surface area contributed by atoms with Gasteiger partial charge in [0.15, 0.2) is 6.29 Å². The van der Waals surface area contributed by atoms with Crippen LogP contribution in [0.4, 0.5) is 0 Å². The van der Waals surface area contributed by atoms with E-state index in [2.05, 4.69) is 9.97 Å². The van der Waals surface area contributed by atoms with Gasteiger partial charge in [0.1, 0.15) is 17.8 Å². The SMILES string of the molecule is COc1ccc(C)cc1-c1cc(C=O)ncn1. The number of hydrogen-bond donors (Lipinski definition) is 0. The maximum Gasteiger partial charge on any atom is 0.168 e. The van der Waals surface area contributed by atoms with Gasteiger partial charge in [-0.25, -0.2) is 9.97 Å². The molecular formula is C13H12N2O2. The van der Waals surface area contributed by atoms with Gasteiger partial charge in [-0.1, -0.05) is 11.6 Å². The fourth-order valence-corrected chi connectivity index (χ4v) is 1.61. The summed E-state index contributed by atoms with van der Waals surface area (Å²) in [6.45, 7) is 1.99. The van der Waals surface area contributed by atoms with E-state index >= 15 is 0 Å². The lowest BCUT2D eigenvalue weighted by molar-refractivity contribution is 0.111. The molecule has 0 aliphatic carbocycles. The lowest BCUT2D eigenvalue weighted by Gasteiger charge is -2.08. The van der Waals surface area contributed by atoms with Crippen molar-refractivity contribution in [3.05, 3.63) is 41.9 Å². The van der Waals surface area contributed by atoms with Crippen molar-refractivity contribution in [2.24, 2.45) is 0 Å². The molecule has 0 saturated carbocycles. The number of carbonyl (C=O) groups is 1. The molecular weight excluding hydrogens is 216 g/mol. The zero-order chi connectivity index (χ0) is 12.3. The molecule has 17 heavy (non-hydrogen) atoms. The summed E-state index contributed by atoms with van der Waals surface area (Å²) in [4.78, 5) is 18.7. The standard InChI is InChI=1S/C13H12N2O2/c1-9-3-4-13(17-2)11(5-9)12-6-10(7-16)14-8-15-12/h3-8H,1-2H3. The molecule has 0 unspecified atom stereocenters. The molecule has 86 valence electrons. The molecule has 0 spiro atoms. The molecule has 0 amide bonds. The summed E-state index contributed by atoms with van der Waals surface area (Å²) < 4.78 is 5.28. The number of rotatable bonds is 3. The highest BCUT2D eigenvalue weighted by molar-refractivity contribution is 5.76. The maximum absolute atomic E-state index is 10.7. The van der Waals surface area contributed by atoms with E-state index in [1.807, 2.05) is 25.1 Å². The zero-order valence-corrected chi connectivity index (χ0v) is 9.68. The van der Waals surface area contributed by atoms with Crippen molar-refractivity contribution in [2.75, 3.05) is 7.11 Å². The van der Waals surface area contributed by atoms with Crippen molar-refractivity contribution in [1.29, 1.82) is 0 Å². The number of carbonyl (C=O) groups excluding carboxylic acids is 1. The van der Waals surface area contributed by atoms with Crippen LogP contribution in [0.25, 0.3) is 11.3 Å². The van der Waals surface area contributed by atoms with E-state index in [1.54, 1.807) is 13.2 Å². The van der Waals surface area contributed by atoms with Crippen molar-refractivity contribution < 1.29 is 9.53 Å². The van der Waals surface area contributed by atoms with Gasteiger partial charge >= 0.3 is 0 Å². The Morgan fingerprint density at radius 2 is 2.06 bits per heavy atom. The lowest BCUT2D eigenvalue weighted by Crippen LogP contribution is -1.94. The van der Waals surface area contributed by atoms with E-state index in [1.165, 1.54) is 6.33 Å². The van der Waals surface area contributed by atoms with Gasteiger partial charge in [0.25, 0.3) is 0 Å². The number of aldehydes is 1. The fraction of sp³-hybridized carbons (Fsp3) is 0.154. The fourth-order valence-electron chi connectivity index (χ4n) is 1.61. The van der Waals surface area contributed by atoms with Gasteiger partial charge < -0.3 is 4.74 Å². The molecule has 0 bridgehead atoms. The third kappa shape index (κ3) is 2.30. The van der Waals surface area contributed by atoms with Crippen molar-refractivity contribution in [3.63, 3.8) is 0 Å². The first-order chi connectivity index (χ1) is 8.24. The van der Waals surface area contributed by atoms with Crippen molar-refractivity contribution in [3.8, 4) is 17.0 Å². The Kier molecular flexibility index (Phi) is 3.14. The quantitative estimate of drug-likeness (QED) is 0.756. The molecule has 0 radical (unpaired) electrons. The minimum absolute atomic E-state index is 0.360. The number of aryl methyl sites for hydroxylation is 1. The predicted octanol–water partition coefficient (Wildman–Crippen LogP) is 2.27. The normalized spacial score (nSPS) is 10.0. The van der Waals surface area contributed by atoms with Gasteiger partial charge in [-0.3, -0.25) is 4.79 Å². The van der Waals surface area contributed by atoms with Gasteiger partial charge in [-0.2, -0.15) is 0 Å². The average molecular weight is 228 g/mol. The van der Waals surface area contributed by atoms with Crippen LogP contribution in [0.5, 0.6) is 5.75 Å². The van der Waals surface area contributed by atoms with Crippen LogP contribution in [-0.4, -0.2) is 23.4 Å². The Morgan fingerprint density at radius 3 is 2.76 bits per heavy atom. The van der Waals surface area contributed by atoms with Crippen molar-refractivity contribution in [2.45, 2.75) is 6.92 Å². The summed E-state index contributed by atoms with van der Waals surface area (Å²) in [6.07, 6.45) is 2.08. The molecule has 0 N–H and O–H groups in total. The van der Waals surface area contributed by atoms with Crippen LogP contribution in [0.1, 0.15) is 16.1 Å². The second kappa shape index (κ2) is 4.74. The molecule has 0 fully saturated rings. The molecule has 2 rings (SSSR count). The summed E-state index contributed by atoms with van der Waals surface area (Å²) >= 11 is 0. The molecule has 1 aromatic carbocycles. The highest BCUT2D eigenvalue weighted by atomic mass is 16.5. The first-order valence-electron chi connectivity index (χ1n) is 5.17. The molecule has 1 aromatic heterocycles. The summed E-state index contributed by atoms with van der Waals surface area (Å²) in [5.41, 5.74) is 3.01. The number of methoxy groups -OCH3 is 1. The lowest BCUT2D eigenvalue weighted by atomic mass is 10.1. The highest BCUT2D eigenvalue weighted by Crippen LogP contribution is 2.29. The zero-order valence-electron chi connectivity index (χ0n) is 9.68. The molecule has 4 heteroatoms. The number of aromatic nitrogens is 2. The second-order valence-electron chi connectivity index (χ2n) is 3.65. The summed E-state index contributed by atoms with van der Waals surface area (Å²) in [5.74, 6) is 0.728. The summed E-state index contributed by atoms with van der Waals surface area (Å²) in [6, 6.07) is 7.46. The highest BCUT2D eigenvalue weighted by Gasteiger charge is 2.08. The van der Waals surface area contributed by atoms with E-state index < -0.39 is 0 Å². The van der Waals surface area contributed by atoms with Crippen molar-refractivity contribution in [1.82, 2.24) is 9.97 Å². The van der Waals surface area contributed by atoms with Crippen molar-refractivity contribution >= 4 is 6.29 Å². The first-order valence-corrected chi connectivity index (χ1v) is 5.17. The van der Waals surface area contributed by atoms with Crippen LogP contribution in [-0.2, 0) is 0 Å². The Balaban J connectivity index is 2.58. The van der Waals surface area contributed by atoms with E-state index in [-0.39, 0.29) is 0 Å². The third-order valence-electron chi connectivity index (χ3n) is 2.44. The molecule has 1 heterocycles. The molecule has 2 aromatic rings. The molecule has 0 aliphatic heterocycles. The van der Waals surface area contributed by atoms with Gasteiger partial charge in [0.2, 0.25) is 0 Å². The Morgan fingerprint density at radius 1 is 1.24 bits per heavy atom. The second-order valence-corrected chi connectivity index (χ2v) is 3.65. The Labute approximate surface area is 99.3 Å². The smallest absolute Gasteiger partial charge is 0.168 e. The van der Waals surface area contributed by atoms with Gasteiger partial charge in [-0.05, 0) is 25.1 Å². The Bertz CT molecular complexity index is 553. The van der Waals surface area contributed by atoms with E-state index in [0.29, 0.717) is 17.7 Å². The molecule has 0 aliphatic rings. The minimum Gasteiger partial charge on any atom is -0.496 e. The molecule has 0 atom stereocenters. The van der Waals surface area contributed by atoms with Crippen LogP contribution in [0, 0.1) is 6.92 Å². The minimum atomic E-state index is 0.360. The van der Waals surface area contributed by atoms with Crippen LogP contribution in [0.15, 0.2) is 30.6 Å². The van der Waals surface area contributed by atoms with E-state index in [9.17, 15) is 4.79 Å². The predicted molar refractivity (Wildman–Crippen MR) is 64.1 cm³/mol. The van der Waals surface area contributed by atoms with Gasteiger partial charge in [0.05, 0.1) is 12.8 Å². The number of hydrogen-bond acceptors (Lipinski definition) is 4. The number of nitrogens with zero attached hydrogens (tertiary/aromatic N) is 2. The first kappa shape index (κ1) is 11.3. The van der Waals surface area contributed by atoms with Gasteiger partial charge in [0, 0.05) is 5.56 Å². The van der Waals surface area contributed by atoms with E-state index in [4.69, 9.17) is 4.74 Å². The van der Waals surface area contributed by atoms with Crippen LogP contribution in [0.2, 0.25) is 0 Å². The number of ether oxygens (including phenoxy) is 1. The van der Waals surface area contributed by atoms with Gasteiger partial charge in [-0.15, -0.1) is 0 Å². The summed E-state index contributed by atoms with van der Waals surface area (Å²) in [5, 5.41) is 0. The monoisotopic (exact) mass is 228 g/mol. The summed E-state index contributed by atoms with van der Waals surface area (Å²) in [7, 11) is 1.61. The largest absolute Gasteiger partial charge is 0.496 e. The molecule has 0 saturated heterocycles. The third-order valence-corrected chi connectivity index (χ3v) is 2.44. The Hall–Kier alpha value is -2.23. The average Bonchev–Trinajstić information content (AvgIpc) is 2.39. The van der Waals surface area contributed by atoms with Crippen LogP contribution < -0.4 is 4.74 Å².